The maximum atomic E-state index is 12.9. The SMILES string of the molecule is O=C(N[C@@H]1CCCn2nc(-c3ccnc(C(F)(F)F)c3)nc21)c1cncc(C(F)(F)F)n1. The van der Waals surface area contributed by atoms with E-state index in [1.807, 2.05) is 0 Å². The summed E-state index contributed by atoms with van der Waals surface area (Å²) in [5.74, 6) is -0.618. The van der Waals surface area contributed by atoms with Gasteiger partial charge in [-0.1, -0.05) is 0 Å². The minimum atomic E-state index is -4.76. The van der Waals surface area contributed by atoms with Crippen molar-refractivity contribution in [1.29, 1.82) is 0 Å². The van der Waals surface area contributed by atoms with Crippen LogP contribution in [0.15, 0.2) is 30.7 Å². The highest BCUT2D eigenvalue weighted by Crippen LogP contribution is 2.31. The molecule has 3 aromatic rings. The quantitative estimate of drug-likeness (QED) is 0.606. The number of halogens is 6. The summed E-state index contributed by atoms with van der Waals surface area (Å²) in [5.41, 5.74) is -2.85. The minimum Gasteiger partial charge on any atom is -0.341 e. The van der Waals surface area contributed by atoms with Crippen LogP contribution in [0.25, 0.3) is 11.4 Å². The topological polar surface area (TPSA) is 98.5 Å². The number of aromatic nitrogens is 6. The molecule has 1 amide bonds. The Morgan fingerprint density at radius 3 is 2.53 bits per heavy atom. The Morgan fingerprint density at radius 2 is 1.81 bits per heavy atom. The number of nitrogens with zero attached hydrogens (tertiary/aromatic N) is 6. The fraction of sp³-hybridized carbons (Fsp3) is 0.333. The lowest BCUT2D eigenvalue weighted by Gasteiger charge is -2.22. The van der Waals surface area contributed by atoms with Crippen LogP contribution in [0.5, 0.6) is 0 Å². The third kappa shape index (κ3) is 4.38. The van der Waals surface area contributed by atoms with Gasteiger partial charge in [0.15, 0.2) is 11.5 Å². The van der Waals surface area contributed by atoms with Crippen LogP contribution in [0.3, 0.4) is 0 Å². The van der Waals surface area contributed by atoms with E-state index in [-0.39, 0.29) is 17.2 Å². The molecule has 14 heteroatoms. The fourth-order valence-electron chi connectivity index (χ4n) is 3.18. The molecule has 4 heterocycles. The summed E-state index contributed by atoms with van der Waals surface area (Å²) in [6, 6.07) is 1.41. The lowest BCUT2D eigenvalue weighted by atomic mass is 10.1. The van der Waals surface area contributed by atoms with Gasteiger partial charge in [-0.15, -0.1) is 0 Å². The number of alkyl halides is 6. The zero-order chi connectivity index (χ0) is 23.1. The molecular weight excluding hydrogens is 444 g/mol. The smallest absolute Gasteiger partial charge is 0.341 e. The third-order valence-corrected chi connectivity index (χ3v) is 4.65. The van der Waals surface area contributed by atoms with Gasteiger partial charge in [-0.25, -0.2) is 14.6 Å². The minimum absolute atomic E-state index is 0.00732. The Bertz CT molecular complexity index is 1160. The predicted molar refractivity (Wildman–Crippen MR) is 94.7 cm³/mol. The molecule has 0 aliphatic carbocycles. The van der Waals surface area contributed by atoms with E-state index in [0.717, 1.165) is 18.5 Å². The molecule has 0 radical (unpaired) electrons. The van der Waals surface area contributed by atoms with Crippen LogP contribution in [0, 0.1) is 0 Å². The van der Waals surface area contributed by atoms with Crippen molar-refractivity contribution in [2.75, 3.05) is 0 Å². The van der Waals surface area contributed by atoms with Crippen molar-refractivity contribution in [3.8, 4) is 11.4 Å². The van der Waals surface area contributed by atoms with Gasteiger partial charge >= 0.3 is 12.4 Å². The Labute approximate surface area is 175 Å². The van der Waals surface area contributed by atoms with E-state index in [4.69, 9.17) is 0 Å². The molecule has 0 fully saturated rings. The molecule has 1 atom stereocenters. The van der Waals surface area contributed by atoms with E-state index in [9.17, 15) is 31.1 Å². The first kappa shape index (κ1) is 21.6. The van der Waals surface area contributed by atoms with Crippen molar-refractivity contribution in [3.05, 3.63) is 53.6 Å². The molecule has 8 nitrogen and oxygen atoms in total. The van der Waals surface area contributed by atoms with Gasteiger partial charge in [0.05, 0.1) is 18.4 Å². The molecule has 32 heavy (non-hydrogen) atoms. The summed E-state index contributed by atoms with van der Waals surface area (Å²) in [6.07, 6.45) is -6.05. The van der Waals surface area contributed by atoms with Crippen LogP contribution in [0.4, 0.5) is 26.3 Å². The number of pyridine rings is 1. The van der Waals surface area contributed by atoms with Crippen molar-refractivity contribution in [2.24, 2.45) is 0 Å². The predicted octanol–water partition coefficient (Wildman–Crippen LogP) is 3.43. The third-order valence-electron chi connectivity index (χ3n) is 4.65. The summed E-state index contributed by atoms with van der Waals surface area (Å²) >= 11 is 0. The highest BCUT2D eigenvalue weighted by molar-refractivity contribution is 5.92. The Kier molecular flexibility index (Phi) is 5.30. The van der Waals surface area contributed by atoms with Crippen LogP contribution in [0.2, 0.25) is 0 Å². The van der Waals surface area contributed by atoms with E-state index >= 15 is 0 Å². The van der Waals surface area contributed by atoms with E-state index in [0.29, 0.717) is 25.6 Å². The molecule has 0 bridgehead atoms. The number of carbonyl (C=O) groups excluding carboxylic acids is 1. The summed E-state index contributed by atoms with van der Waals surface area (Å²) < 4.78 is 78.7. The number of hydrogen-bond donors (Lipinski definition) is 1. The monoisotopic (exact) mass is 457 g/mol. The highest BCUT2D eigenvalue weighted by Gasteiger charge is 2.35. The molecule has 168 valence electrons. The largest absolute Gasteiger partial charge is 0.434 e. The Hall–Kier alpha value is -3.58. The molecule has 0 saturated heterocycles. The lowest BCUT2D eigenvalue weighted by Crippen LogP contribution is -2.34. The number of carbonyl (C=O) groups is 1. The summed E-state index contributed by atoms with van der Waals surface area (Å²) in [6.45, 7) is 0.412. The normalized spacial score (nSPS) is 16.5. The van der Waals surface area contributed by atoms with Crippen molar-refractivity contribution < 1.29 is 31.1 Å². The first-order valence-electron chi connectivity index (χ1n) is 9.21. The summed E-state index contributed by atoms with van der Waals surface area (Å²) in [7, 11) is 0. The average molecular weight is 457 g/mol. The van der Waals surface area contributed by atoms with Gasteiger partial charge in [-0.3, -0.25) is 14.8 Å². The van der Waals surface area contributed by atoms with E-state index in [1.165, 1.54) is 10.7 Å². The number of rotatable bonds is 3. The molecule has 0 unspecified atom stereocenters. The van der Waals surface area contributed by atoms with Gasteiger partial charge in [0.1, 0.15) is 17.2 Å². The molecule has 3 aromatic heterocycles. The summed E-state index contributed by atoms with van der Waals surface area (Å²) in [5, 5.41) is 6.75. The van der Waals surface area contributed by atoms with Crippen molar-refractivity contribution >= 4 is 5.91 Å². The van der Waals surface area contributed by atoms with E-state index < -0.39 is 41.4 Å². The molecule has 4 rings (SSSR count). The maximum absolute atomic E-state index is 12.9. The Morgan fingerprint density at radius 1 is 1.06 bits per heavy atom. The van der Waals surface area contributed by atoms with Crippen molar-refractivity contribution in [1.82, 2.24) is 35.0 Å². The van der Waals surface area contributed by atoms with Crippen molar-refractivity contribution in [3.63, 3.8) is 0 Å². The molecular formula is C18H13F6N7O. The van der Waals surface area contributed by atoms with Crippen LogP contribution >= 0.6 is 0 Å². The summed E-state index contributed by atoms with van der Waals surface area (Å²) in [4.78, 5) is 26.7. The molecule has 0 spiro atoms. The van der Waals surface area contributed by atoms with Crippen LogP contribution in [0.1, 0.15) is 46.6 Å². The zero-order valence-corrected chi connectivity index (χ0v) is 15.9. The second kappa shape index (κ2) is 7.84. The molecule has 0 aromatic carbocycles. The lowest BCUT2D eigenvalue weighted by molar-refractivity contribution is -0.142. The second-order valence-corrected chi connectivity index (χ2v) is 6.90. The van der Waals surface area contributed by atoms with Gasteiger partial charge in [0.25, 0.3) is 5.91 Å². The van der Waals surface area contributed by atoms with Gasteiger partial charge < -0.3 is 5.32 Å². The van der Waals surface area contributed by atoms with E-state index in [2.05, 4.69) is 30.4 Å². The van der Waals surface area contributed by atoms with Crippen LogP contribution < -0.4 is 5.32 Å². The van der Waals surface area contributed by atoms with Crippen LogP contribution in [-0.2, 0) is 18.9 Å². The standard InChI is InChI=1S/C18H13F6N7O/c19-17(20,21)12-6-9(3-4-26-12)14-29-15-10(2-1-5-31(15)30-14)28-16(32)11-7-25-8-13(27-11)18(22,23)24/h3-4,6-8,10H,1-2,5H2,(H,28,32)/t10-/m1/s1. The number of nitrogens with one attached hydrogen (secondary N) is 1. The van der Waals surface area contributed by atoms with Crippen molar-refractivity contribution in [2.45, 2.75) is 37.8 Å². The number of amides is 1. The van der Waals surface area contributed by atoms with Crippen LogP contribution in [-0.4, -0.2) is 35.6 Å². The second-order valence-electron chi connectivity index (χ2n) is 6.90. The number of fused-ring (bicyclic) bond motifs is 1. The number of hydrogen-bond acceptors (Lipinski definition) is 6. The average Bonchev–Trinajstić information content (AvgIpc) is 3.18. The van der Waals surface area contributed by atoms with E-state index in [1.54, 1.807) is 0 Å². The van der Waals surface area contributed by atoms with Gasteiger partial charge in [0.2, 0.25) is 0 Å². The first-order chi connectivity index (χ1) is 15.0. The Balaban J connectivity index is 1.59. The fourth-order valence-corrected chi connectivity index (χ4v) is 3.18. The maximum Gasteiger partial charge on any atom is 0.434 e. The zero-order valence-electron chi connectivity index (χ0n) is 15.9. The van der Waals surface area contributed by atoms with Gasteiger partial charge in [-0.05, 0) is 25.0 Å². The molecule has 1 N–H and O–H groups in total. The molecule has 1 aliphatic rings. The number of aryl methyl sites for hydroxylation is 1. The first-order valence-corrected chi connectivity index (χ1v) is 9.21. The highest BCUT2D eigenvalue weighted by atomic mass is 19.4. The molecule has 1 aliphatic heterocycles. The van der Waals surface area contributed by atoms with Gasteiger partial charge in [-0.2, -0.15) is 31.4 Å². The molecule has 0 saturated carbocycles. The van der Waals surface area contributed by atoms with Gasteiger partial charge in [0, 0.05) is 18.3 Å².